The number of likely N-dealkylation sites (N-methyl/N-ethyl adjacent to an activating group) is 1. The molecule has 0 aliphatic carbocycles. The minimum atomic E-state index is -0.00297. The van der Waals surface area contributed by atoms with E-state index in [1.54, 1.807) is 23.9 Å². The molecule has 1 unspecified atom stereocenters. The molecule has 0 aliphatic heterocycles. The Morgan fingerprint density at radius 1 is 1.50 bits per heavy atom. The first-order valence-corrected chi connectivity index (χ1v) is 6.19. The molecule has 102 valence electrons. The van der Waals surface area contributed by atoms with Crippen LogP contribution in [0.15, 0.2) is 23.1 Å². The third kappa shape index (κ3) is 4.50. The van der Waals surface area contributed by atoms with Gasteiger partial charge in [0, 0.05) is 37.6 Å². The minimum absolute atomic E-state index is 0.00297. The largest absolute Gasteiger partial charge is 0.398 e. The van der Waals surface area contributed by atoms with Crippen LogP contribution in [0.4, 0.5) is 5.69 Å². The first-order chi connectivity index (χ1) is 8.54. The summed E-state index contributed by atoms with van der Waals surface area (Å²) in [6, 6.07) is 3.52. The highest BCUT2D eigenvalue weighted by atomic mass is 16.5. The smallest absolute Gasteiger partial charge is 0.250 e. The summed E-state index contributed by atoms with van der Waals surface area (Å²) in [7, 11) is 3.77. The van der Waals surface area contributed by atoms with Crippen molar-refractivity contribution in [3.63, 3.8) is 0 Å². The van der Waals surface area contributed by atoms with Crippen molar-refractivity contribution in [2.45, 2.75) is 25.9 Å². The maximum Gasteiger partial charge on any atom is 0.250 e. The number of nitrogen functional groups attached to an aromatic ring is 1. The highest BCUT2D eigenvalue weighted by molar-refractivity contribution is 5.33. The molecule has 1 rings (SSSR count). The number of hydrogen-bond acceptors (Lipinski definition) is 4. The Balaban J connectivity index is 2.42. The zero-order chi connectivity index (χ0) is 13.5. The third-order valence-corrected chi connectivity index (χ3v) is 3.08. The molecule has 0 radical (unpaired) electrons. The Morgan fingerprint density at radius 3 is 2.89 bits per heavy atom. The monoisotopic (exact) mass is 253 g/mol. The lowest BCUT2D eigenvalue weighted by molar-refractivity contribution is 0.114. The average molecular weight is 253 g/mol. The van der Waals surface area contributed by atoms with Crippen LogP contribution in [0.1, 0.15) is 13.3 Å². The van der Waals surface area contributed by atoms with Gasteiger partial charge in [-0.05, 0) is 33.0 Å². The van der Waals surface area contributed by atoms with E-state index in [0.717, 1.165) is 13.0 Å². The van der Waals surface area contributed by atoms with E-state index in [4.69, 9.17) is 10.5 Å². The van der Waals surface area contributed by atoms with Gasteiger partial charge in [0.25, 0.3) is 5.56 Å². The quantitative estimate of drug-likeness (QED) is 0.780. The molecule has 1 atom stereocenters. The number of hydrogen-bond donors (Lipinski definition) is 1. The molecule has 0 bridgehead atoms. The summed E-state index contributed by atoms with van der Waals surface area (Å²) in [5.41, 5.74) is 6.28. The van der Waals surface area contributed by atoms with E-state index < -0.39 is 0 Å². The molecule has 2 N–H and O–H groups in total. The molecular formula is C13H23N3O2. The van der Waals surface area contributed by atoms with Crippen LogP contribution in [0.25, 0.3) is 0 Å². The number of nitrogens with zero attached hydrogens (tertiary/aromatic N) is 2. The van der Waals surface area contributed by atoms with E-state index in [2.05, 4.69) is 18.9 Å². The summed E-state index contributed by atoms with van der Waals surface area (Å²) in [4.78, 5) is 13.8. The van der Waals surface area contributed by atoms with Gasteiger partial charge < -0.3 is 19.9 Å². The number of aromatic nitrogens is 1. The molecular weight excluding hydrogens is 230 g/mol. The Hall–Kier alpha value is -1.33. The van der Waals surface area contributed by atoms with E-state index in [-0.39, 0.29) is 5.56 Å². The van der Waals surface area contributed by atoms with E-state index in [0.29, 0.717) is 24.9 Å². The summed E-state index contributed by atoms with van der Waals surface area (Å²) in [5.74, 6) is 0. The molecule has 0 amide bonds. The van der Waals surface area contributed by atoms with Crippen molar-refractivity contribution in [2.75, 3.05) is 33.0 Å². The zero-order valence-electron chi connectivity index (χ0n) is 11.4. The summed E-state index contributed by atoms with van der Waals surface area (Å²) in [6.07, 6.45) is 2.61. The van der Waals surface area contributed by atoms with Gasteiger partial charge in [-0.3, -0.25) is 4.79 Å². The summed E-state index contributed by atoms with van der Waals surface area (Å²) in [5, 5.41) is 0. The van der Waals surface area contributed by atoms with Gasteiger partial charge in [-0.2, -0.15) is 0 Å². The van der Waals surface area contributed by atoms with Crippen molar-refractivity contribution in [3.8, 4) is 0 Å². The molecule has 0 aliphatic rings. The molecule has 1 aromatic rings. The summed E-state index contributed by atoms with van der Waals surface area (Å²) >= 11 is 0. The number of pyridine rings is 1. The molecule has 1 aromatic heterocycles. The lowest BCUT2D eigenvalue weighted by atomic mass is 10.3. The average Bonchev–Trinajstić information content (AvgIpc) is 2.33. The fourth-order valence-electron chi connectivity index (χ4n) is 1.80. The molecule has 5 heteroatoms. The lowest BCUT2D eigenvalue weighted by Gasteiger charge is -2.23. The predicted molar refractivity (Wildman–Crippen MR) is 73.7 cm³/mol. The van der Waals surface area contributed by atoms with E-state index in [1.165, 1.54) is 6.07 Å². The van der Waals surface area contributed by atoms with Gasteiger partial charge in [0.15, 0.2) is 0 Å². The highest BCUT2D eigenvalue weighted by Crippen LogP contribution is 2.00. The van der Waals surface area contributed by atoms with Crippen LogP contribution >= 0.6 is 0 Å². The topological polar surface area (TPSA) is 60.5 Å². The van der Waals surface area contributed by atoms with Crippen LogP contribution < -0.4 is 11.3 Å². The first kappa shape index (κ1) is 14.7. The van der Waals surface area contributed by atoms with Gasteiger partial charge in [-0.15, -0.1) is 0 Å². The molecule has 0 aromatic carbocycles. The van der Waals surface area contributed by atoms with Crippen LogP contribution in [0.3, 0.4) is 0 Å². The SMILES string of the molecule is COCC(C)N(C)CCCn1cc(N)ccc1=O. The highest BCUT2D eigenvalue weighted by Gasteiger charge is 2.08. The van der Waals surface area contributed by atoms with Gasteiger partial charge in [-0.1, -0.05) is 0 Å². The van der Waals surface area contributed by atoms with E-state index in [9.17, 15) is 4.79 Å². The molecule has 0 saturated heterocycles. The van der Waals surface area contributed by atoms with Crippen LogP contribution in [0.2, 0.25) is 0 Å². The van der Waals surface area contributed by atoms with Crippen LogP contribution in [0.5, 0.6) is 0 Å². The van der Waals surface area contributed by atoms with Gasteiger partial charge in [-0.25, -0.2) is 0 Å². The number of methoxy groups -OCH3 is 1. The minimum Gasteiger partial charge on any atom is -0.398 e. The van der Waals surface area contributed by atoms with Crippen LogP contribution in [-0.4, -0.2) is 42.8 Å². The van der Waals surface area contributed by atoms with E-state index >= 15 is 0 Å². The first-order valence-electron chi connectivity index (χ1n) is 6.19. The Labute approximate surface area is 108 Å². The van der Waals surface area contributed by atoms with Gasteiger partial charge in [0.2, 0.25) is 0 Å². The van der Waals surface area contributed by atoms with Crippen LogP contribution in [0, 0.1) is 0 Å². The fraction of sp³-hybridized carbons (Fsp3) is 0.615. The third-order valence-electron chi connectivity index (χ3n) is 3.08. The standard InChI is InChI=1S/C13H23N3O2/c1-11(10-18-3)15(2)7-4-8-16-9-12(14)5-6-13(16)17/h5-6,9,11H,4,7-8,10,14H2,1-3H3. The van der Waals surface area contributed by atoms with Crippen molar-refractivity contribution >= 4 is 5.69 Å². The number of anilines is 1. The predicted octanol–water partition coefficient (Wildman–Crippen LogP) is 0.787. The van der Waals surface area contributed by atoms with E-state index in [1.807, 2.05) is 0 Å². The molecule has 0 fully saturated rings. The van der Waals surface area contributed by atoms with Crippen molar-refractivity contribution in [3.05, 3.63) is 28.7 Å². The summed E-state index contributed by atoms with van der Waals surface area (Å²) < 4.78 is 6.77. The molecule has 0 spiro atoms. The van der Waals surface area contributed by atoms with Crippen LogP contribution in [-0.2, 0) is 11.3 Å². The Morgan fingerprint density at radius 2 is 2.22 bits per heavy atom. The molecule has 0 saturated carbocycles. The molecule has 18 heavy (non-hydrogen) atoms. The van der Waals surface area contributed by atoms with Crippen molar-refractivity contribution in [1.82, 2.24) is 9.47 Å². The van der Waals surface area contributed by atoms with Gasteiger partial charge >= 0.3 is 0 Å². The van der Waals surface area contributed by atoms with Gasteiger partial charge in [0.1, 0.15) is 0 Å². The number of nitrogens with two attached hydrogens (primary N) is 1. The molecule has 5 nitrogen and oxygen atoms in total. The fourth-order valence-corrected chi connectivity index (χ4v) is 1.80. The second-order valence-electron chi connectivity index (χ2n) is 4.63. The zero-order valence-corrected chi connectivity index (χ0v) is 11.4. The lowest BCUT2D eigenvalue weighted by Crippen LogP contribution is -2.34. The van der Waals surface area contributed by atoms with Gasteiger partial charge in [0.05, 0.1) is 6.61 Å². The van der Waals surface area contributed by atoms with Crippen molar-refractivity contribution in [1.29, 1.82) is 0 Å². The Bertz CT molecular complexity index is 417. The second kappa shape index (κ2) is 7.18. The maximum absolute atomic E-state index is 11.6. The normalized spacial score (nSPS) is 12.9. The molecule has 1 heterocycles. The second-order valence-corrected chi connectivity index (χ2v) is 4.63. The number of rotatable bonds is 7. The van der Waals surface area contributed by atoms with Crippen molar-refractivity contribution < 1.29 is 4.74 Å². The Kier molecular flexibility index (Phi) is 5.88. The number of aryl methyl sites for hydroxylation is 1. The van der Waals surface area contributed by atoms with Crippen molar-refractivity contribution in [2.24, 2.45) is 0 Å². The summed E-state index contributed by atoms with van der Waals surface area (Å²) in [6.45, 7) is 4.45. The number of ether oxygens (including phenoxy) is 1. The maximum atomic E-state index is 11.6.